The van der Waals surface area contributed by atoms with Crippen LogP contribution in [0.2, 0.25) is 0 Å². The monoisotopic (exact) mass is 239 g/mol. The molecule has 4 nitrogen and oxygen atoms in total. The van der Waals surface area contributed by atoms with Crippen molar-refractivity contribution in [1.29, 1.82) is 0 Å². The van der Waals surface area contributed by atoms with Crippen LogP contribution in [0, 0.1) is 0 Å². The maximum Gasteiger partial charge on any atom is 0.227 e. The van der Waals surface area contributed by atoms with E-state index >= 15 is 0 Å². The molecule has 90 valence electrons. The van der Waals surface area contributed by atoms with Gasteiger partial charge < -0.3 is 10.2 Å². The van der Waals surface area contributed by atoms with Crippen molar-refractivity contribution in [3.05, 3.63) is 54.2 Å². The fourth-order valence-corrected chi connectivity index (χ4v) is 2.01. The Kier molecular flexibility index (Phi) is 2.68. The molecule has 0 aliphatic rings. The SMILES string of the molecule is Nc1c(CCc2cccnc2)cnc2occc12. The van der Waals surface area contributed by atoms with Crippen molar-refractivity contribution in [2.75, 3.05) is 5.73 Å². The van der Waals surface area contributed by atoms with Gasteiger partial charge in [0.05, 0.1) is 11.6 Å². The van der Waals surface area contributed by atoms with Gasteiger partial charge >= 0.3 is 0 Å². The van der Waals surface area contributed by atoms with E-state index in [0.29, 0.717) is 5.71 Å². The summed E-state index contributed by atoms with van der Waals surface area (Å²) in [6.45, 7) is 0. The van der Waals surface area contributed by atoms with Gasteiger partial charge in [-0.15, -0.1) is 0 Å². The molecule has 18 heavy (non-hydrogen) atoms. The number of aryl methyl sites for hydroxylation is 2. The number of anilines is 1. The van der Waals surface area contributed by atoms with Gasteiger partial charge in [0.15, 0.2) is 0 Å². The van der Waals surface area contributed by atoms with Gasteiger partial charge in [-0.3, -0.25) is 4.98 Å². The molecule has 0 amide bonds. The summed E-state index contributed by atoms with van der Waals surface area (Å²) < 4.78 is 5.22. The van der Waals surface area contributed by atoms with Crippen molar-refractivity contribution >= 4 is 16.8 Å². The van der Waals surface area contributed by atoms with Gasteiger partial charge in [0.2, 0.25) is 5.71 Å². The van der Waals surface area contributed by atoms with Gasteiger partial charge in [-0.2, -0.15) is 0 Å². The summed E-state index contributed by atoms with van der Waals surface area (Å²) in [4.78, 5) is 8.35. The highest BCUT2D eigenvalue weighted by Gasteiger charge is 2.07. The Bertz CT molecular complexity index is 661. The zero-order chi connectivity index (χ0) is 12.4. The van der Waals surface area contributed by atoms with Crippen molar-refractivity contribution in [3.8, 4) is 0 Å². The van der Waals surface area contributed by atoms with E-state index < -0.39 is 0 Å². The van der Waals surface area contributed by atoms with Crippen LogP contribution in [-0.2, 0) is 12.8 Å². The molecule has 0 bridgehead atoms. The summed E-state index contributed by atoms with van der Waals surface area (Å²) in [5, 5.41) is 0.888. The van der Waals surface area contributed by atoms with E-state index in [0.717, 1.165) is 29.5 Å². The lowest BCUT2D eigenvalue weighted by Crippen LogP contribution is -1.99. The number of fused-ring (bicyclic) bond motifs is 1. The molecule has 3 aromatic heterocycles. The van der Waals surface area contributed by atoms with Crippen molar-refractivity contribution < 1.29 is 4.42 Å². The first-order chi connectivity index (χ1) is 8.84. The van der Waals surface area contributed by atoms with Crippen molar-refractivity contribution in [1.82, 2.24) is 9.97 Å². The molecule has 0 atom stereocenters. The Morgan fingerprint density at radius 3 is 2.94 bits per heavy atom. The summed E-state index contributed by atoms with van der Waals surface area (Å²) in [6.07, 6.45) is 8.81. The Morgan fingerprint density at radius 1 is 1.17 bits per heavy atom. The minimum atomic E-state index is 0.595. The number of nitrogens with two attached hydrogens (primary N) is 1. The van der Waals surface area contributed by atoms with Gasteiger partial charge in [0, 0.05) is 24.3 Å². The van der Waals surface area contributed by atoms with Gasteiger partial charge in [-0.25, -0.2) is 4.98 Å². The van der Waals surface area contributed by atoms with Crippen LogP contribution < -0.4 is 5.73 Å². The van der Waals surface area contributed by atoms with Crippen LogP contribution in [0.1, 0.15) is 11.1 Å². The lowest BCUT2D eigenvalue weighted by Gasteiger charge is -2.05. The van der Waals surface area contributed by atoms with Crippen molar-refractivity contribution in [2.24, 2.45) is 0 Å². The number of hydrogen-bond donors (Lipinski definition) is 1. The highest BCUT2D eigenvalue weighted by Crippen LogP contribution is 2.24. The van der Waals surface area contributed by atoms with E-state index in [1.54, 1.807) is 18.7 Å². The third-order valence-corrected chi connectivity index (χ3v) is 3.02. The molecule has 2 N–H and O–H groups in total. The second-order valence-corrected chi connectivity index (χ2v) is 4.20. The minimum Gasteiger partial charge on any atom is -0.446 e. The number of nitrogens with zero attached hydrogens (tertiary/aromatic N) is 2. The smallest absolute Gasteiger partial charge is 0.227 e. The Morgan fingerprint density at radius 2 is 2.11 bits per heavy atom. The molecule has 0 radical (unpaired) electrons. The van der Waals surface area contributed by atoms with E-state index in [1.807, 2.05) is 18.3 Å². The van der Waals surface area contributed by atoms with E-state index in [2.05, 4.69) is 16.0 Å². The summed E-state index contributed by atoms with van der Waals surface area (Å²) in [5.41, 5.74) is 9.72. The molecule has 0 saturated carbocycles. The average molecular weight is 239 g/mol. The predicted molar refractivity (Wildman–Crippen MR) is 70.1 cm³/mol. The van der Waals surface area contributed by atoms with Crippen LogP contribution in [0.15, 0.2) is 47.5 Å². The van der Waals surface area contributed by atoms with Crippen LogP contribution in [0.5, 0.6) is 0 Å². The first kappa shape index (κ1) is 10.8. The number of hydrogen-bond acceptors (Lipinski definition) is 4. The molecule has 3 aromatic rings. The second kappa shape index (κ2) is 4.49. The summed E-state index contributed by atoms with van der Waals surface area (Å²) in [6, 6.07) is 5.86. The van der Waals surface area contributed by atoms with E-state index in [-0.39, 0.29) is 0 Å². The van der Waals surface area contributed by atoms with E-state index in [4.69, 9.17) is 10.2 Å². The molecule has 3 rings (SSSR count). The zero-order valence-electron chi connectivity index (χ0n) is 9.84. The topological polar surface area (TPSA) is 64.9 Å². The quantitative estimate of drug-likeness (QED) is 0.763. The number of aromatic nitrogens is 2. The number of nitrogen functional groups attached to an aromatic ring is 1. The molecule has 0 fully saturated rings. The molecule has 0 unspecified atom stereocenters. The van der Waals surface area contributed by atoms with Gasteiger partial charge in [-0.05, 0) is 36.1 Å². The van der Waals surface area contributed by atoms with Gasteiger partial charge in [-0.1, -0.05) is 6.07 Å². The minimum absolute atomic E-state index is 0.595. The van der Waals surface area contributed by atoms with Crippen LogP contribution >= 0.6 is 0 Å². The molecule has 0 spiro atoms. The number of rotatable bonds is 3. The van der Waals surface area contributed by atoms with Gasteiger partial charge in [0.1, 0.15) is 0 Å². The molecule has 4 heteroatoms. The summed E-state index contributed by atoms with van der Waals surface area (Å²) >= 11 is 0. The van der Waals surface area contributed by atoms with Crippen molar-refractivity contribution in [2.45, 2.75) is 12.8 Å². The second-order valence-electron chi connectivity index (χ2n) is 4.20. The highest BCUT2D eigenvalue weighted by atomic mass is 16.3. The highest BCUT2D eigenvalue weighted by molar-refractivity contribution is 5.88. The largest absolute Gasteiger partial charge is 0.446 e. The Balaban J connectivity index is 1.84. The van der Waals surface area contributed by atoms with Gasteiger partial charge in [0.25, 0.3) is 0 Å². The van der Waals surface area contributed by atoms with E-state index in [9.17, 15) is 0 Å². The standard InChI is InChI=1S/C14H13N3O/c15-13-11(4-3-10-2-1-6-16-8-10)9-17-14-12(13)5-7-18-14/h1-2,5-9H,3-4H2,(H2,15,17). The maximum atomic E-state index is 6.11. The first-order valence-electron chi connectivity index (χ1n) is 5.84. The average Bonchev–Trinajstić information content (AvgIpc) is 2.88. The normalized spacial score (nSPS) is 10.9. The third-order valence-electron chi connectivity index (χ3n) is 3.02. The van der Waals surface area contributed by atoms with Crippen LogP contribution in [0.4, 0.5) is 5.69 Å². The summed E-state index contributed by atoms with van der Waals surface area (Å²) in [7, 11) is 0. The first-order valence-corrected chi connectivity index (χ1v) is 5.84. The number of furan rings is 1. The fraction of sp³-hybridized carbons (Fsp3) is 0.143. The van der Waals surface area contributed by atoms with Crippen molar-refractivity contribution in [3.63, 3.8) is 0 Å². The van der Waals surface area contributed by atoms with E-state index in [1.165, 1.54) is 5.56 Å². The maximum absolute atomic E-state index is 6.11. The van der Waals surface area contributed by atoms with Crippen LogP contribution in [0.25, 0.3) is 11.1 Å². The molecule has 3 heterocycles. The zero-order valence-corrected chi connectivity index (χ0v) is 9.84. The third kappa shape index (κ3) is 1.93. The number of pyridine rings is 2. The lowest BCUT2D eigenvalue weighted by molar-refractivity contribution is 0.603. The van der Waals surface area contributed by atoms with Crippen LogP contribution in [0.3, 0.4) is 0 Å². The fourth-order valence-electron chi connectivity index (χ4n) is 2.01. The molecule has 0 aromatic carbocycles. The molecule has 0 aliphatic carbocycles. The van der Waals surface area contributed by atoms with Crippen LogP contribution in [-0.4, -0.2) is 9.97 Å². The molecule has 0 saturated heterocycles. The Hall–Kier alpha value is -2.36. The Labute approximate surface area is 104 Å². The lowest BCUT2D eigenvalue weighted by atomic mass is 10.0. The molecular formula is C14H13N3O. The molecule has 0 aliphatic heterocycles. The predicted octanol–water partition coefficient (Wildman–Crippen LogP) is 2.59. The summed E-state index contributed by atoms with van der Waals surface area (Å²) in [5.74, 6) is 0. The molecular weight excluding hydrogens is 226 g/mol.